The number of nitrogen functional groups attached to an aromatic ring is 1. The number of hydrogen-bond acceptors (Lipinski definition) is 7. The number of benzene rings is 2. The average molecular weight is 581 g/mol. The Bertz CT molecular complexity index is 2000. The molecule has 0 aliphatic carbocycles. The van der Waals surface area contributed by atoms with Crippen LogP contribution in [0, 0.1) is 12.7 Å². The number of thiazole rings is 1. The molecular formula is C28H20F4N6O2S. The third-order valence-corrected chi connectivity index (χ3v) is 7.74. The number of fused-ring (bicyclic) bond motifs is 2. The zero-order valence-electron chi connectivity index (χ0n) is 21.5. The molecule has 0 radical (unpaired) electrons. The number of anilines is 1. The van der Waals surface area contributed by atoms with Crippen molar-refractivity contribution in [1.29, 1.82) is 0 Å². The normalized spacial score (nSPS) is 12.7. The predicted octanol–water partition coefficient (Wildman–Crippen LogP) is 6.37. The van der Waals surface area contributed by atoms with Gasteiger partial charge in [0.05, 0.1) is 17.0 Å². The summed E-state index contributed by atoms with van der Waals surface area (Å²) in [5, 5.41) is 6.88. The predicted molar refractivity (Wildman–Crippen MR) is 147 cm³/mol. The van der Waals surface area contributed by atoms with Gasteiger partial charge in [0.1, 0.15) is 22.7 Å². The van der Waals surface area contributed by atoms with Gasteiger partial charge in [0, 0.05) is 16.6 Å². The van der Waals surface area contributed by atoms with Crippen molar-refractivity contribution in [2.24, 2.45) is 0 Å². The van der Waals surface area contributed by atoms with E-state index in [1.165, 1.54) is 23.7 Å². The molecule has 0 aliphatic rings. The number of pyridine rings is 1. The van der Waals surface area contributed by atoms with E-state index in [-0.39, 0.29) is 28.0 Å². The highest BCUT2D eigenvalue weighted by molar-refractivity contribution is 7.15. The Balaban J connectivity index is 1.57. The molecule has 0 spiro atoms. The summed E-state index contributed by atoms with van der Waals surface area (Å²) in [6.45, 7) is 3.70. The number of halogens is 4. The molecule has 208 valence electrons. The van der Waals surface area contributed by atoms with Crippen LogP contribution in [0.2, 0.25) is 0 Å². The first-order valence-electron chi connectivity index (χ1n) is 12.3. The first kappa shape index (κ1) is 26.4. The quantitative estimate of drug-likeness (QED) is 0.238. The highest BCUT2D eigenvalue weighted by atomic mass is 32.1. The maximum atomic E-state index is 14.7. The number of nitrogens with two attached hydrogens (primary N) is 1. The number of aryl methyl sites for hydroxylation is 1. The van der Waals surface area contributed by atoms with E-state index in [1.807, 2.05) is 55.6 Å². The third-order valence-electron chi connectivity index (χ3n) is 6.74. The highest BCUT2D eigenvalue weighted by Gasteiger charge is 2.33. The number of alkyl halides is 3. The second kappa shape index (κ2) is 9.70. The summed E-state index contributed by atoms with van der Waals surface area (Å²) < 4.78 is 59.7. The van der Waals surface area contributed by atoms with Gasteiger partial charge in [-0.25, -0.2) is 19.0 Å². The van der Waals surface area contributed by atoms with Gasteiger partial charge < -0.3 is 10.5 Å². The zero-order valence-corrected chi connectivity index (χ0v) is 22.3. The Morgan fingerprint density at radius 3 is 2.51 bits per heavy atom. The van der Waals surface area contributed by atoms with Crippen molar-refractivity contribution in [3.8, 4) is 28.1 Å². The Morgan fingerprint density at radius 1 is 1.05 bits per heavy atom. The second-order valence-corrected chi connectivity index (χ2v) is 10.2. The molecule has 6 rings (SSSR count). The van der Waals surface area contributed by atoms with E-state index in [0.717, 1.165) is 22.7 Å². The lowest BCUT2D eigenvalue weighted by Crippen LogP contribution is -2.21. The fourth-order valence-electron chi connectivity index (χ4n) is 4.90. The first-order chi connectivity index (χ1) is 19.5. The molecule has 0 saturated heterocycles. The molecule has 0 saturated carbocycles. The van der Waals surface area contributed by atoms with Crippen LogP contribution in [-0.4, -0.2) is 30.5 Å². The smallest absolute Gasteiger partial charge is 0.403 e. The number of ether oxygens (including phenoxy) is 1. The Labute approximate surface area is 233 Å². The van der Waals surface area contributed by atoms with Crippen molar-refractivity contribution in [3.63, 3.8) is 0 Å². The summed E-state index contributed by atoms with van der Waals surface area (Å²) in [6.07, 6.45) is -3.80. The molecule has 8 nitrogen and oxygen atoms in total. The van der Waals surface area contributed by atoms with Gasteiger partial charge in [-0.2, -0.15) is 5.10 Å². The van der Waals surface area contributed by atoms with Crippen LogP contribution in [-0.2, 0) is 0 Å². The molecule has 1 unspecified atom stereocenters. The molecule has 0 aliphatic heterocycles. The third kappa shape index (κ3) is 4.57. The van der Waals surface area contributed by atoms with Gasteiger partial charge >= 0.3 is 6.36 Å². The molecular weight excluding hydrogens is 560 g/mol. The molecule has 6 aromatic rings. The van der Waals surface area contributed by atoms with Gasteiger partial charge in [0.25, 0.3) is 5.56 Å². The highest BCUT2D eigenvalue weighted by Crippen LogP contribution is 2.37. The average Bonchev–Trinajstić information content (AvgIpc) is 3.51. The second-order valence-electron chi connectivity index (χ2n) is 9.32. The van der Waals surface area contributed by atoms with Crippen LogP contribution in [0.15, 0.2) is 71.1 Å². The molecule has 2 aromatic carbocycles. The van der Waals surface area contributed by atoms with Crippen LogP contribution in [0.3, 0.4) is 0 Å². The van der Waals surface area contributed by atoms with E-state index in [4.69, 9.17) is 10.8 Å². The zero-order chi connectivity index (χ0) is 29.1. The molecule has 4 aromatic heterocycles. The Kier molecular flexibility index (Phi) is 6.25. The maximum Gasteiger partial charge on any atom is 0.573 e. The van der Waals surface area contributed by atoms with Crippen LogP contribution >= 0.6 is 11.3 Å². The maximum absolute atomic E-state index is 14.7. The van der Waals surface area contributed by atoms with E-state index in [1.54, 1.807) is 9.08 Å². The molecule has 0 amide bonds. The number of aromatic nitrogens is 5. The first-order valence-corrected chi connectivity index (χ1v) is 13.1. The van der Waals surface area contributed by atoms with Gasteiger partial charge in [-0.05, 0) is 49.2 Å². The minimum atomic E-state index is -5.05. The SMILES string of the molecule is Cc1csc2cc(C(C)n3nc(-c4ccc(OC(F)(F)F)c(F)c4)c4c(N)ncnc43)c(-c3ccccc3)c(=O)n12. The van der Waals surface area contributed by atoms with Crippen molar-refractivity contribution < 1.29 is 22.3 Å². The van der Waals surface area contributed by atoms with E-state index in [2.05, 4.69) is 14.7 Å². The van der Waals surface area contributed by atoms with Gasteiger partial charge in [-0.1, -0.05) is 30.3 Å². The van der Waals surface area contributed by atoms with E-state index in [0.29, 0.717) is 22.3 Å². The minimum absolute atomic E-state index is 0.0483. The topological polar surface area (TPSA) is 100 Å². The van der Waals surface area contributed by atoms with Gasteiger partial charge in [0.15, 0.2) is 17.2 Å². The Hall–Kier alpha value is -4.78. The molecule has 41 heavy (non-hydrogen) atoms. The van der Waals surface area contributed by atoms with E-state index >= 15 is 0 Å². The molecule has 13 heteroatoms. The summed E-state index contributed by atoms with van der Waals surface area (Å²) >= 11 is 1.43. The van der Waals surface area contributed by atoms with Crippen LogP contribution < -0.4 is 16.0 Å². The molecule has 1 atom stereocenters. The standard InChI is InChI=1S/C28H20F4N6O2S/c1-14-12-41-21-11-18(22(27(39)37(14)21)16-6-4-3-5-7-16)15(2)38-26-23(25(33)34-13-35-26)24(36-38)17-8-9-20(19(29)10-17)40-28(30,31)32/h3-13,15H,1-2H3,(H2,33,34,35). The lowest BCUT2D eigenvalue weighted by molar-refractivity contribution is -0.275. The summed E-state index contributed by atoms with van der Waals surface area (Å²) in [4.78, 5) is 23.0. The monoisotopic (exact) mass is 580 g/mol. The van der Waals surface area contributed by atoms with Crippen LogP contribution in [0.4, 0.5) is 23.4 Å². The number of rotatable bonds is 5. The van der Waals surface area contributed by atoms with Crippen molar-refractivity contribution >= 4 is 33.0 Å². The summed E-state index contributed by atoms with van der Waals surface area (Å²) in [5.41, 5.74) is 9.27. The van der Waals surface area contributed by atoms with Crippen LogP contribution in [0.5, 0.6) is 5.75 Å². The number of hydrogen-bond donors (Lipinski definition) is 1. The molecule has 2 N–H and O–H groups in total. The largest absolute Gasteiger partial charge is 0.573 e. The van der Waals surface area contributed by atoms with Gasteiger partial charge in [-0.15, -0.1) is 24.5 Å². The molecule has 0 fully saturated rings. The van der Waals surface area contributed by atoms with Crippen molar-refractivity contribution in [2.75, 3.05) is 5.73 Å². The van der Waals surface area contributed by atoms with Crippen molar-refractivity contribution in [3.05, 3.63) is 93.7 Å². The lowest BCUT2D eigenvalue weighted by atomic mass is 9.97. The van der Waals surface area contributed by atoms with Crippen LogP contribution in [0.1, 0.15) is 24.2 Å². The van der Waals surface area contributed by atoms with Gasteiger partial charge in [-0.3, -0.25) is 9.20 Å². The van der Waals surface area contributed by atoms with Crippen molar-refractivity contribution in [1.82, 2.24) is 24.1 Å². The van der Waals surface area contributed by atoms with E-state index in [9.17, 15) is 22.4 Å². The van der Waals surface area contributed by atoms with Crippen LogP contribution in [0.25, 0.3) is 38.2 Å². The fraction of sp³-hybridized carbons (Fsp3) is 0.143. The Morgan fingerprint density at radius 2 is 1.80 bits per heavy atom. The molecule has 0 bridgehead atoms. The fourth-order valence-corrected chi connectivity index (χ4v) is 5.83. The van der Waals surface area contributed by atoms with Crippen molar-refractivity contribution in [2.45, 2.75) is 26.3 Å². The van der Waals surface area contributed by atoms with E-state index < -0.39 is 24.0 Å². The minimum Gasteiger partial charge on any atom is -0.403 e. The summed E-state index contributed by atoms with van der Waals surface area (Å²) in [5.74, 6) is -2.16. The number of nitrogens with zero attached hydrogens (tertiary/aromatic N) is 5. The van der Waals surface area contributed by atoms with Gasteiger partial charge in [0.2, 0.25) is 0 Å². The molecule has 4 heterocycles. The lowest BCUT2D eigenvalue weighted by Gasteiger charge is -2.18. The summed E-state index contributed by atoms with van der Waals surface area (Å²) in [6, 6.07) is 13.6. The summed E-state index contributed by atoms with van der Waals surface area (Å²) in [7, 11) is 0.